The van der Waals surface area contributed by atoms with Gasteiger partial charge in [0, 0.05) is 17.0 Å². The Morgan fingerprint density at radius 3 is 2.16 bits per heavy atom. The highest BCUT2D eigenvalue weighted by molar-refractivity contribution is 6.11. The summed E-state index contributed by atoms with van der Waals surface area (Å²) in [5, 5.41) is 8.43. The molecule has 2 aromatic rings. The van der Waals surface area contributed by atoms with E-state index >= 15 is 0 Å². The molecule has 0 fully saturated rings. The minimum atomic E-state index is 0.292. The van der Waals surface area contributed by atoms with Gasteiger partial charge in [-0.05, 0) is 5.56 Å². The zero-order valence-electron chi connectivity index (χ0n) is 10.6. The van der Waals surface area contributed by atoms with Crippen LogP contribution in [0, 0.1) is 5.41 Å². The first-order valence-corrected chi connectivity index (χ1v) is 6.44. The normalized spacial score (nSPS) is 13.9. The fraction of sp³-hybridized carbons (Fsp3) is 0.0556. The van der Waals surface area contributed by atoms with Crippen LogP contribution < -0.4 is 0 Å². The van der Waals surface area contributed by atoms with Crippen LogP contribution in [0.2, 0.25) is 0 Å². The van der Waals surface area contributed by atoms with E-state index in [4.69, 9.17) is 5.41 Å². The molecule has 0 bridgehead atoms. The number of benzene rings is 2. The van der Waals surface area contributed by atoms with Gasteiger partial charge >= 0.3 is 0 Å². The number of hydrogen-bond acceptors (Lipinski definition) is 1. The van der Waals surface area contributed by atoms with Crippen molar-refractivity contribution in [3.63, 3.8) is 0 Å². The summed E-state index contributed by atoms with van der Waals surface area (Å²) in [6, 6.07) is 18.1. The summed E-state index contributed by atoms with van der Waals surface area (Å²) in [6.45, 7) is 0. The second-order valence-corrected chi connectivity index (χ2v) is 4.62. The summed E-state index contributed by atoms with van der Waals surface area (Å²) < 4.78 is 0. The van der Waals surface area contributed by atoms with Gasteiger partial charge in [0.05, 0.1) is 5.71 Å². The standard InChI is InChI=1S/C18H15N/c19-18(15-10-2-1-3-11-15)17-13-7-6-12-16(17)14-8-4-5-9-14/h1-14,19H. The molecule has 0 amide bonds. The van der Waals surface area contributed by atoms with Crippen LogP contribution in [-0.4, -0.2) is 5.71 Å². The van der Waals surface area contributed by atoms with Gasteiger partial charge in [-0.2, -0.15) is 0 Å². The molecule has 0 aromatic heterocycles. The monoisotopic (exact) mass is 245 g/mol. The average Bonchev–Trinajstić information content (AvgIpc) is 3.01. The minimum absolute atomic E-state index is 0.292. The van der Waals surface area contributed by atoms with Crippen molar-refractivity contribution in [2.24, 2.45) is 0 Å². The minimum Gasteiger partial charge on any atom is -0.300 e. The van der Waals surface area contributed by atoms with Gasteiger partial charge < -0.3 is 0 Å². The zero-order valence-corrected chi connectivity index (χ0v) is 10.6. The van der Waals surface area contributed by atoms with E-state index in [2.05, 4.69) is 30.4 Å². The maximum Gasteiger partial charge on any atom is 0.0687 e. The highest BCUT2D eigenvalue weighted by Crippen LogP contribution is 2.27. The predicted octanol–water partition coefficient (Wildman–Crippen LogP) is 4.31. The van der Waals surface area contributed by atoms with Crippen LogP contribution in [0.3, 0.4) is 0 Å². The molecule has 19 heavy (non-hydrogen) atoms. The van der Waals surface area contributed by atoms with Crippen molar-refractivity contribution in [3.05, 3.63) is 95.6 Å². The molecule has 1 heteroatoms. The van der Waals surface area contributed by atoms with Crippen LogP contribution in [0.15, 0.2) is 78.9 Å². The van der Waals surface area contributed by atoms with Crippen LogP contribution in [0.25, 0.3) is 0 Å². The molecule has 0 unspecified atom stereocenters. The van der Waals surface area contributed by atoms with Gasteiger partial charge in [-0.25, -0.2) is 0 Å². The van der Waals surface area contributed by atoms with E-state index in [9.17, 15) is 0 Å². The molecule has 3 rings (SSSR count). The van der Waals surface area contributed by atoms with Gasteiger partial charge in [-0.15, -0.1) is 0 Å². The highest BCUT2D eigenvalue weighted by atomic mass is 14.4. The van der Waals surface area contributed by atoms with Crippen molar-refractivity contribution < 1.29 is 0 Å². The third-order valence-corrected chi connectivity index (χ3v) is 3.40. The molecule has 1 aliphatic carbocycles. The highest BCUT2D eigenvalue weighted by Gasteiger charge is 2.15. The molecule has 0 heterocycles. The number of allylic oxidation sites excluding steroid dienone is 4. The van der Waals surface area contributed by atoms with Crippen LogP contribution in [0.5, 0.6) is 0 Å². The van der Waals surface area contributed by atoms with Crippen LogP contribution in [0.1, 0.15) is 22.6 Å². The Balaban J connectivity index is 2.03. The molecule has 2 aromatic carbocycles. The fourth-order valence-electron chi connectivity index (χ4n) is 2.41. The molecule has 1 N–H and O–H groups in total. The van der Waals surface area contributed by atoms with Crippen LogP contribution in [0.4, 0.5) is 0 Å². The Morgan fingerprint density at radius 2 is 1.42 bits per heavy atom. The lowest BCUT2D eigenvalue weighted by atomic mass is 9.90. The maximum absolute atomic E-state index is 8.43. The van der Waals surface area contributed by atoms with Gasteiger partial charge in [-0.1, -0.05) is 78.9 Å². The summed E-state index contributed by atoms with van der Waals surface area (Å²) >= 11 is 0. The molecule has 1 aliphatic rings. The van der Waals surface area contributed by atoms with Gasteiger partial charge in [0.25, 0.3) is 0 Å². The van der Waals surface area contributed by atoms with E-state index in [-0.39, 0.29) is 0 Å². The molecule has 0 atom stereocenters. The SMILES string of the molecule is N=C(c1ccccc1)c1ccccc1C1C=CC=C1. The smallest absolute Gasteiger partial charge is 0.0687 e. The first-order valence-electron chi connectivity index (χ1n) is 6.44. The quantitative estimate of drug-likeness (QED) is 0.779. The molecular formula is C18H15N. The molecule has 0 spiro atoms. The number of hydrogen-bond donors (Lipinski definition) is 1. The third-order valence-electron chi connectivity index (χ3n) is 3.40. The van der Waals surface area contributed by atoms with Gasteiger partial charge in [0.2, 0.25) is 0 Å². The second-order valence-electron chi connectivity index (χ2n) is 4.62. The van der Waals surface area contributed by atoms with Gasteiger partial charge in [0.15, 0.2) is 0 Å². The average molecular weight is 245 g/mol. The largest absolute Gasteiger partial charge is 0.300 e. The van der Waals surface area contributed by atoms with E-state index in [1.54, 1.807) is 0 Å². The summed E-state index contributed by atoms with van der Waals surface area (Å²) in [6.07, 6.45) is 8.45. The van der Waals surface area contributed by atoms with E-state index < -0.39 is 0 Å². The lowest BCUT2D eigenvalue weighted by Crippen LogP contribution is -2.06. The van der Waals surface area contributed by atoms with E-state index in [1.807, 2.05) is 48.5 Å². The molecular weight excluding hydrogens is 230 g/mol. The first-order chi connectivity index (χ1) is 9.36. The number of nitrogens with one attached hydrogen (secondary N) is 1. The first kappa shape index (κ1) is 11.7. The Bertz CT molecular complexity index is 638. The van der Waals surface area contributed by atoms with E-state index in [1.165, 1.54) is 5.56 Å². The predicted molar refractivity (Wildman–Crippen MR) is 79.8 cm³/mol. The topological polar surface area (TPSA) is 23.9 Å². The second kappa shape index (κ2) is 5.07. The van der Waals surface area contributed by atoms with Crippen molar-refractivity contribution >= 4 is 5.71 Å². The molecule has 0 saturated heterocycles. The number of rotatable bonds is 3. The Hall–Kier alpha value is -2.41. The fourth-order valence-corrected chi connectivity index (χ4v) is 2.41. The molecule has 92 valence electrons. The van der Waals surface area contributed by atoms with E-state index in [0.29, 0.717) is 11.6 Å². The van der Waals surface area contributed by atoms with Crippen molar-refractivity contribution in [1.82, 2.24) is 0 Å². The molecule has 0 radical (unpaired) electrons. The summed E-state index contributed by atoms with van der Waals surface area (Å²) in [7, 11) is 0. The van der Waals surface area contributed by atoms with Gasteiger partial charge in [0.1, 0.15) is 0 Å². The Kier molecular flexibility index (Phi) is 3.11. The van der Waals surface area contributed by atoms with Gasteiger partial charge in [-0.3, -0.25) is 5.41 Å². The lowest BCUT2D eigenvalue weighted by molar-refractivity contribution is 1.10. The van der Waals surface area contributed by atoms with Crippen molar-refractivity contribution in [2.45, 2.75) is 5.92 Å². The zero-order chi connectivity index (χ0) is 13.1. The van der Waals surface area contributed by atoms with Crippen LogP contribution >= 0.6 is 0 Å². The summed E-state index contributed by atoms with van der Waals surface area (Å²) in [4.78, 5) is 0. The molecule has 0 aliphatic heterocycles. The van der Waals surface area contributed by atoms with Crippen LogP contribution in [-0.2, 0) is 0 Å². The molecule has 0 saturated carbocycles. The van der Waals surface area contributed by atoms with E-state index in [0.717, 1.165) is 11.1 Å². The summed E-state index contributed by atoms with van der Waals surface area (Å²) in [5.74, 6) is 0.292. The Labute approximate surface area is 113 Å². The maximum atomic E-state index is 8.43. The van der Waals surface area contributed by atoms with Crippen molar-refractivity contribution in [1.29, 1.82) is 5.41 Å². The molecule has 1 nitrogen and oxygen atoms in total. The third kappa shape index (κ3) is 2.27. The van der Waals surface area contributed by atoms with Crippen molar-refractivity contribution in [3.8, 4) is 0 Å². The van der Waals surface area contributed by atoms with Crippen molar-refractivity contribution in [2.75, 3.05) is 0 Å². The Morgan fingerprint density at radius 1 is 0.789 bits per heavy atom. The lowest BCUT2D eigenvalue weighted by Gasteiger charge is -2.14. The summed E-state index contributed by atoms with van der Waals surface area (Å²) in [5.41, 5.74) is 3.75.